The highest BCUT2D eigenvalue weighted by molar-refractivity contribution is 6.31. The lowest BCUT2D eigenvalue weighted by Gasteiger charge is -2.30. The number of hydrogen-bond donors (Lipinski definition) is 1. The number of pyridine rings is 1. The summed E-state index contributed by atoms with van der Waals surface area (Å²) in [6, 6.07) is 3.82. The SMILES string of the molecule is CCNc1ccc(Cl)c(CN2CCOC(C)C2)n1. The van der Waals surface area contributed by atoms with E-state index in [2.05, 4.69) is 29.0 Å². The molecule has 5 heteroatoms. The van der Waals surface area contributed by atoms with E-state index in [0.29, 0.717) is 0 Å². The largest absolute Gasteiger partial charge is 0.376 e. The molecule has 1 fully saturated rings. The third-order valence-corrected chi connectivity index (χ3v) is 3.32. The van der Waals surface area contributed by atoms with E-state index >= 15 is 0 Å². The highest BCUT2D eigenvalue weighted by Crippen LogP contribution is 2.19. The van der Waals surface area contributed by atoms with Gasteiger partial charge in [-0.3, -0.25) is 4.90 Å². The lowest BCUT2D eigenvalue weighted by atomic mass is 10.2. The number of rotatable bonds is 4. The molecule has 1 aromatic rings. The van der Waals surface area contributed by atoms with Crippen molar-refractivity contribution in [3.63, 3.8) is 0 Å². The minimum absolute atomic E-state index is 0.287. The molecular weight excluding hydrogens is 250 g/mol. The molecular formula is C13H20ClN3O. The molecule has 0 amide bonds. The molecule has 2 heterocycles. The van der Waals surface area contributed by atoms with Crippen LogP contribution in [0, 0.1) is 0 Å². The fraction of sp³-hybridized carbons (Fsp3) is 0.615. The van der Waals surface area contributed by atoms with E-state index in [1.165, 1.54) is 0 Å². The number of hydrogen-bond acceptors (Lipinski definition) is 4. The summed E-state index contributed by atoms with van der Waals surface area (Å²) in [6.07, 6.45) is 0.287. The smallest absolute Gasteiger partial charge is 0.126 e. The topological polar surface area (TPSA) is 37.4 Å². The molecule has 0 spiro atoms. The van der Waals surface area contributed by atoms with Crippen LogP contribution in [0.2, 0.25) is 5.02 Å². The van der Waals surface area contributed by atoms with Gasteiger partial charge in [0.05, 0.1) is 23.4 Å². The van der Waals surface area contributed by atoms with Gasteiger partial charge in [-0.15, -0.1) is 0 Å². The number of ether oxygens (including phenoxy) is 1. The zero-order valence-corrected chi connectivity index (χ0v) is 11.7. The lowest BCUT2D eigenvalue weighted by molar-refractivity contribution is -0.0215. The van der Waals surface area contributed by atoms with Crippen molar-refractivity contribution in [1.82, 2.24) is 9.88 Å². The van der Waals surface area contributed by atoms with E-state index in [1.807, 2.05) is 12.1 Å². The number of morpholine rings is 1. The number of halogens is 1. The molecule has 0 bridgehead atoms. The third kappa shape index (κ3) is 3.57. The summed E-state index contributed by atoms with van der Waals surface area (Å²) in [5.74, 6) is 0.887. The molecule has 1 N–H and O–H groups in total. The Morgan fingerprint density at radius 1 is 1.56 bits per heavy atom. The Hall–Kier alpha value is -0.840. The van der Waals surface area contributed by atoms with Crippen LogP contribution in [0.25, 0.3) is 0 Å². The molecule has 0 saturated carbocycles. The maximum Gasteiger partial charge on any atom is 0.126 e. The van der Waals surface area contributed by atoms with Crippen LogP contribution >= 0.6 is 11.6 Å². The fourth-order valence-corrected chi connectivity index (χ4v) is 2.29. The van der Waals surface area contributed by atoms with Crippen LogP contribution in [-0.4, -0.2) is 42.2 Å². The van der Waals surface area contributed by atoms with Gasteiger partial charge in [0.2, 0.25) is 0 Å². The molecule has 1 saturated heterocycles. The van der Waals surface area contributed by atoms with E-state index in [9.17, 15) is 0 Å². The number of nitrogens with zero attached hydrogens (tertiary/aromatic N) is 2. The van der Waals surface area contributed by atoms with Gasteiger partial charge in [-0.25, -0.2) is 4.98 Å². The second-order valence-corrected chi connectivity index (χ2v) is 4.98. The van der Waals surface area contributed by atoms with Crippen molar-refractivity contribution in [2.24, 2.45) is 0 Å². The second-order valence-electron chi connectivity index (χ2n) is 4.57. The van der Waals surface area contributed by atoms with Crippen molar-refractivity contribution in [3.8, 4) is 0 Å². The fourth-order valence-electron chi connectivity index (χ4n) is 2.12. The average molecular weight is 270 g/mol. The Morgan fingerprint density at radius 3 is 3.11 bits per heavy atom. The molecule has 1 unspecified atom stereocenters. The first-order chi connectivity index (χ1) is 8.69. The maximum atomic E-state index is 6.20. The Bertz CT molecular complexity index is 400. The molecule has 100 valence electrons. The first-order valence-electron chi connectivity index (χ1n) is 6.42. The molecule has 18 heavy (non-hydrogen) atoms. The monoisotopic (exact) mass is 269 g/mol. The first kappa shape index (κ1) is 13.6. The molecule has 1 aromatic heterocycles. The average Bonchev–Trinajstić information content (AvgIpc) is 2.34. The molecule has 1 aliphatic rings. The van der Waals surface area contributed by atoms with Crippen LogP contribution in [0.4, 0.5) is 5.82 Å². The van der Waals surface area contributed by atoms with Crippen molar-refractivity contribution in [1.29, 1.82) is 0 Å². The molecule has 1 aliphatic heterocycles. The van der Waals surface area contributed by atoms with E-state index in [-0.39, 0.29) is 6.10 Å². The van der Waals surface area contributed by atoms with Gasteiger partial charge in [0.1, 0.15) is 5.82 Å². The van der Waals surface area contributed by atoms with E-state index in [0.717, 1.165) is 49.3 Å². The summed E-state index contributed by atoms with van der Waals surface area (Å²) < 4.78 is 5.53. The van der Waals surface area contributed by atoms with Gasteiger partial charge in [0.15, 0.2) is 0 Å². The summed E-state index contributed by atoms with van der Waals surface area (Å²) in [5, 5.41) is 3.94. The minimum atomic E-state index is 0.287. The van der Waals surface area contributed by atoms with Gasteiger partial charge >= 0.3 is 0 Å². The zero-order chi connectivity index (χ0) is 13.0. The highest BCUT2D eigenvalue weighted by atomic mass is 35.5. The molecule has 0 aliphatic carbocycles. The van der Waals surface area contributed by atoms with Crippen LogP contribution in [0.1, 0.15) is 19.5 Å². The summed E-state index contributed by atoms with van der Waals surface area (Å²) in [7, 11) is 0. The van der Waals surface area contributed by atoms with Gasteiger partial charge in [-0.1, -0.05) is 11.6 Å². The van der Waals surface area contributed by atoms with Crippen LogP contribution in [0.3, 0.4) is 0 Å². The Morgan fingerprint density at radius 2 is 2.39 bits per heavy atom. The van der Waals surface area contributed by atoms with Crippen molar-refractivity contribution in [2.75, 3.05) is 31.6 Å². The predicted octanol–water partition coefficient (Wildman–Crippen LogP) is 2.39. The zero-order valence-electron chi connectivity index (χ0n) is 10.9. The quantitative estimate of drug-likeness (QED) is 0.911. The van der Waals surface area contributed by atoms with Crippen molar-refractivity contribution in [3.05, 3.63) is 22.8 Å². The van der Waals surface area contributed by atoms with E-state index < -0.39 is 0 Å². The van der Waals surface area contributed by atoms with E-state index in [4.69, 9.17) is 16.3 Å². The highest BCUT2D eigenvalue weighted by Gasteiger charge is 2.18. The van der Waals surface area contributed by atoms with Crippen LogP contribution < -0.4 is 5.32 Å². The summed E-state index contributed by atoms with van der Waals surface area (Å²) in [4.78, 5) is 6.89. The van der Waals surface area contributed by atoms with Crippen molar-refractivity contribution >= 4 is 17.4 Å². The number of aromatic nitrogens is 1. The second kappa shape index (κ2) is 6.36. The number of nitrogens with one attached hydrogen (secondary N) is 1. The summed E-state index contributed by atoms with van der Waals surface area (Å²) in [5.41, 5.74) is 0.934. The summed E-state index contributed by atoms with van der Waals surface area (Å²) >= 11 is 6.20. The molecule has 4 nitrogen and oxygen atoms in total. The van der Waals surface area contributed by atoms with Gasteiger partial charge < -0.3 is 10.1 Å². The Kier molecular flexibility index (Phi) is 4.80. The lowest BCUT2D eigenvalue weighted by Crippen LogP contribution is -2.40. The standard InChI is InChI=1S/C13H20ClN3O/c1-3-15-13-5-4-11(14)12(16-13)9-17-6-7-18-10(2)8-17/h4-5,10H,3,6-9H2,1-2H3,(H,15,16). The van der Waals surface area contributed by atoms with Gasteiger partial charge in [0, 0.05) is 26.2 Å². The van der Waals surface area contributed by atoms with E-state index in [1.54, 1.807) is 0 Å². The molecule has 2 rings (SSSR count). The first-order valence-corrected chi connectivity index (χ1v) is 6.80. The summed E-state index contributed by atoms with van der Waals surface area (Å²) in [6.45, 7) is 8.45. The predicted molar refractivity (Wildman–Crippen MR) is 74.1 cm³/mol. The minimum Gasteiger partial charge on any atom is -0.376 e. The van der Waals surface area contributed by atoms with Gasteiger partial charge in [-0.05, 0) is 26.0 Å². The van der Waals surface area contributed by atoms with Crippen LogP contribution in [-0.2, 0) is 11.3 Å². The molecule has 1 atom stereocenters. The Labute approximate surface area is 113 Å². The normalized spacial score (nSPS) is 20.9. The Balaban J connectivity index is 2.05. The van der Waals surface area contributed by atoms with Gasteiger partial charge in [0.25, 0.3) is 0 Å². The van der Waals surface area contributed by atoms with Crippen molar-refractivity contribution < 1.29 is 4.74 Å². The maximum absolute atomic E-state index is 6.20. The van der Waals surface area contributed by atoms with Crippen LogP contribution in [0.5, 0.6) is 0 Å². The molecule has 0 aromatic carbocycles. The molecule has 0 radical (unpaired) electrons. The van der Waals surface area contributed by atoms with Crippen molar-refractivity contribution in [2.45, 2.75) is 26.5 Å². The van der Waals surface area contributed by atoms with Gasteiger partial charge in [-0.2, -0.15) is 0 Å². The third-order valence-electron chi connectivity index (χ3n) is 2.98. The van der Waals surface area contributed by atoms with Crippen LogP contribution in [0.15, 0.2) is 12.1 Å². The number of anilines is 1.